The van der Waals surface area contributed by atoms with Gasteiger partial charge in [-0.05, 0) is 6.92 Å². The molecule has 0 aromatic carbocycles. The van der Waals surface area contributed by atoms with Crippen LogP contribution in [-0.2, 0) is 20.0 Å². The topological polar surface area (TPSA) is 106 Å². The van der Waals surface area contributed by atoms with Gasteiger partial charge >= 0.3 is 17.1 Å². The van der Waals surface area contributed by atoms with Crippen molar-refractivity contribution in [2.75, 3.05) is 0 Å². The highest BCUT2D eigenvalue weighted by Crippen LogP contribution is 1.72. The predicted octanol–water partition coefficient (Wildman–Crippen LogP) is -2.91. The van der Waals surface area contributed by atoms with E-state index < -0.39 is 30.5 Å². The summed E-state index contributed by atoms with van der Waals surface area (Å²) in [6, 6.07) is 0. The van der Waals surface area contributed by atoms with Gasteiger partial charge in [0.1, 0.15) is 13.5 Å². The van der Waals surface area contributed by atoms with E-state index in [1.54, 1.807) is 0 Å². The average Bonchev–Trinajstić information content (AvgIpc) is 2.19. The summed E-state index contributed by atoms with van der Waals surface area (Å²) in [6.07, 6.45) is 0. The maximum Gasteiger partial charge on any atom is 0.340 e. The molecule has 0 spiro atoms. The van der Waals surface area contributed by atoms with Crippen molar-refractivity contribution in [1.82, 2.24) is 13.7 Å². The Morgan fingerprint density at radius 3 is 1.47 bits per heavy atom. The molecule has 0 atom stereocenters. The quantitative estimate of drug-likeness (QED) is 0.564. The standard InChI is InChI=1S/C7H11N3O5/c1-2-8-5(13)9(3-11)7(15)10(4-12)6(8)14/h11-12H,2-4H2,1H3. The molecule has 0 fully saturated rings. The summed E-state index contributed by atoms with van der Waals surface area (Å²) in [6.45, 7) is -0.0788. The van der Waals surface area contributed by atoms with Gasteiger partial charge in [0.2, 0.25) is 0 Å². The van der Waals surface area contributed by atoms with Crippen LogP contribution in [0.15, 0.2) is 14.4 Å². The van der Waals surface area contributed by atoms with E-state index in [0.29, 0.717) is 9.13 Å². The van der Waals surface area contributed by atoms with Crippen LogP contribution in [0.25, 0.3) is 0 Å². The molecule has 2 N–H and O–H groups in total. The van der Waals surface area contributed by atoms with Crippen molar-refractivity contribution in [3.8, 4) is 0 Å². The van der Waals surface area contributed by atoms with Crippen molar-refractivity contribution in [1.29, 1.82) is 0 Å². The van der Waals surface area contributed by atoms with Crippen molar-refractivity contribution < 1.29 is 10.2 Å². The number of hydrogen-bond acceptors (Lipinski definition) is 5. The number of hydrogen-bond donors (Lipinski definition) is 2. The average molecular weight is 217 g/mol. The van der Waals surface area contributed by atoms with Gasteiger partial charge in [-0.15, -0.1) is 0 Å². The molecule has 15 heavy (non-hydrogen) atoms. The number of aromatic nitrogens is 3. The number of nitrogens with zero attached hydrogens (tertiary/aromatic N) is 3. The summed E-state index contributed by atoms with van der Waals surface area (Å²) < 4.78 is 1.66. The third-order valence-corrected chi connectivity index (χ3v) is 1.98. The fourth-order valence-electron chi connectivity index (χ4n) is 1.20. The van der Waals surface area contributed by atoms with Crippen LogP contribution in [0.4, 0.5) is 0 Å². The first-order valence-corrected chi connectivity index (χ1v) is 4.24. The SMILES string of the molecule is CCn1c(=O)n(CO)c(=O)n(CO)c1=O. The minimum atomic E-state index is -1.03. The van der Waals surface area contributed by atoms with Crippen LogP contribution < -0.4 is 17.1 Å². The smallest absolute Gasteiger partial charge is 0.340 e. The Hall–Kier alpha value is -1.67. The third-order valence-electron chi connectivity index (χ3n) is 1.98. The van der Waals surface area contributed by atoms with Crippen LogP contribution in [-0.4, -0.2) is 23.9 Å². The lowest BCUT2D eigenvalue weighted by Gasteiger charge is -2.08. The molecule has 0 radical (unpaired) electrons. The first-order valence-electron chi connectivity index (χ1n) is 4.24. The van der Waals surface area contributed by atoms with Crippen molar-refractivity contribution in [2.24, 2.45) is 0 Å². The maximum atomic E-state index is 11.4. The maximum absolute atomic E-state index is 11.4. The molecule has 1 aromatic heterocycles. The number of aliphatic hydroxyl groups excluding tert-OH is 2. The second-order valence-electron chi connectivity index (χ2n) is 2.73. The van der Waals surface area contributed by atoms with E-state index in [1.807, 2.05) is 0 Å². The predicted molar refractivity (Wildman–Crippen MR) is 49.3 cm³/mol. The highest BCUT2D eigenvalue weighted by molar-refractivity contribution is 4.76. The molecule has 0 saturated heterocycles. The van der Waals surface area contributed by atoms with Crippen LogP contribution in [0.5, 0.6) is 0 Å². The zero-order valence-electron chi connectivity index (χ0n) is 8.08. The van der Waals surface area contributed by atoms with Gasteiger partial charge in [-0.25, -0.2) is 28.1 Å². The highest BCUT2D eigenvalue weighted by Gasteiger charge is 2.12. The lowest BCUT2D eigenvalue weighted by atomic mass is 10.7. The van der Waals surface area contributed by atoms with Gasteiger partial charge in [-0.1, -0.05) is 0 Å². The van der Waals surface area contributed by atoms with E-state index in [0.717, 1.165) is 4.57 Å². The zero-order chi connectivity index (χ0) is 11.6. The summed E-state index contributed by atoms with van der Waals surface area (Å²) in [5.74, 6) is 0. The van der Waals surface area contributed by atoms with Gasteiger partial charge in [0.25, 0.3) is 0 Å². The third kappa shape index (κ3) is 1.64. The molecule has 1 heterocycles. The van der Waals surface area contributed by atoms with Gasteiger partial charge in [0, 0.05) is 6.54 Å². The molecule has 1 aromatic rings. The minimum absolute atomic E-state index is 0.0535. The molecular formula is C7H11N3O5. The van der Waals surface area contributed by atoms with Gasteiger partial charge < -0.3 is 10.2 Å². The number of rotatable bonds is 3. The molecule has 0 bridgehead atoms. The summed E-state index contributed by atoms with van der Waals surface area (Å²) in [4.78, 5) is 34.2. The molecule has 84 valence electrons. The normalized spacial score (nSPS) is 10.6. The Labute approximate surface area is 83.3 Å². The second-order valence-corrected chi connectivity index (χ2v) is 2.73. The Bertz CT molecular complexity index is 416. The summed E-state index contributed by atoms with van der Waals surface area (Å²) >= 11 is 0. The van der Waals surface area contributed by atoms with E-state index in [2.05, 4.69) is 0 Å². The second kappa shape index (κ2) is 4.24. The fourth-order valence-corrected chi connectivity index (χ4v) is 1.20. The fraction of sp³-hybridized carbons (Fsp3) is 0.571. The summed E-state index contributed by atoms with van der Waals surface area (Å²) in [5.41, 5.74) is -2.81. The van der Waals surface area contributed by atoms with Crippen LogP contribution >= 0.6 is 0 Å². The molecule has 8 heteroatoms. The highest BCUT2D eigenvalue weighted by atomic mass is 16.3. The summed E-state index contributed by atoms with van der Waals surface area (Å²) in [7, 11) is 0. The molecule has 0 unspecified atom stereocenters. The van der Waals surface area contributed by atoms with E-state index in [1.165, 1.54) is 6.92 Å². The largest absolute Gasteiger partial charge is 0.376 e. The van der Waals surface area contributed by atoms with Crippen LogP contribution in [0, 0.1) is 0 Å². The van der Waals surface area contributed by atoms with Crippen molar-refractivity contribution >= 4 is 0 Å². The molecule has 0 amide bonds. The molecule has 0 aliphatic heterocycles. The van der Waals surface area contributed by atoms with Gasteiger partial charge in [0.05, 0.1) is 0 Å². The Balaban J connectivity index is 3.82. The molecule has 0 aliphatic rings. The van der Waals surface area contributed by atoms with Crippen LogP contribution in [0.1, 0.15) is 6.92 Å². The lowest BCUT2D eigenvalue weighted by Crippen LogP contribution is -2.54. The Kier molecular flexibility index (Phi) is 3.22. The van der Waals surface area contributed by atoms with Crippen molar-refractivity contribution in [2.45, 2.75) is 26.9 Å². The van der Waals surface area contributed by atoms with Gasteiger partial charge in [0.15, 0.2) is 0 Å². The number of aliphatic hydroxyl groups is 2. The minimum Gasteiger partial charge on any atom is -0.376 e. The van der Waals surface area contributed by atoms with Crippen LogP contribution in [0.2, 0.25) is 0 Å². The van der Waals surface area contributed by atoms with Crippen molar-refractivity contribution in [3.05, 3.63) is 31.5 Å². The molecule has 0 saturated carbocycles. The van der Waals surface area contributed by atoms with Gasteiger partial charge in [-0.2, -0.15) is 0 Å². The molecular weight excluding hydrogens is 206 g/mol. The van der Waals surface area contributed by atoms with E-state index in [9.17, 15) is 14.4 Å². The Morgan fingerprint density at radius 2 is 1.20 bits per heavy atom. The Morgan fingerprint density at radius 1 is 0.867 bits per heavy atom. The van der Waals surface area contributed by atoms with Gasteiger partial charge in [-0.3, -0.25) is 0 Å². The van der Waals surface area contributed by atoms with E-state index in [4.69, 9.17) is 10.2 Å². The molecule has 1 rings (SSSR count). The van der Waals surface area contributed by atoms with E-state index in [-0.39, 0.29) is 6.54 Å². The molecule has 0 aliphatic carbocycles. The lowest BCUT2D eigenvalue weighted by molar-refractivity contribution is 0.162. The first-order chi connectivity index (χ1) is 7.08. The molecule has 8 nitrogen and oxygen atoms in total. The zero-order valence-corrected chi connectivity index (χ0v) is 8.08. The summed E-state index contributed by atoms with van der Waals surface area (Å²) in [5, 5.41) is 17.6. The monoisotopic (exact) mass is 217 g/mol. The first kappa shape index (κ1) is 11.4. The van der Waals surface area contributed by atoms with Crippen molar-refractivity contribution in [3.63, 3.8) is 0 Å². The van der Waals surface area contributed by atoms with E-state index >= 15 is 0 Å². The van der Waals surface area contributed by atoms with Crippen LogP contribution in [0.3, 0.4) is 0 Å².